The normalized spacial score (nSPS) is 16.7. The minimum absolute atomic E-state index is 0.0604. The van der Waals surface area contributed by atoms with Crippen LogP contribution in [0.1, 0.15) is 10.5 Å². The maximum absolute atomic E-state index is 11.0. The fourth-order valence-electron chi connectivity index (χ4n) is 2.34. The van der Waals surface area contributed by atoms with Crippen LogP contribution in [0.15, 0.2) is 18.5 Å². The van der Waals surface area contributed by atoms with Crippen molar-refractivity contribution in [3.05, 3.63) is 24.2 Å². The molecule has 0 unspecified atom stereocenters. The Labute approximate surface area is 149 Å². The number of nitrogens with one attached hydrogen (secondary N) is 3. The van der Waals surface area contributed by atoms with E-state index in [0.29, 0.717) is 36.4 Å². The predicted octanol–water partition coefficient (Wildman–Crippen LogP) is -0.482. The number of carbonyl (C=O) groups excluding carboxylic acids is 1. The van der Waals surface area contributed by atoms with Crippen LogP contribution in [0, 0.1) is 0 Å². The van der Waals surface area contributed by atoms with Crippen molar-refractivity contribution < 1.29 is 14.3 Å². The molecule has 0 bridgehead atoms. The SMILES string of the molecule is COc1nnc(Nc2cnc(C(N)=O)cn2)cc1NC[C@H]1CNCCO1. The molecule has 0 spiro atoms. The lowest BCUT2D eigenvalue weighted by atomic mass is 10.3. The lowest BCUT2D eigenvalue weighted by molar-refractivity contribution is 0.0372. The Morgan fingerprint density at radius 2 is 2.27 bits per heavy atom. The number of methoxy groups -OCH3 is 1. The first-order valence-corrected chi connectivity index (χ1v) is 8.02. The third kappa shape index (κ3) is 4.52. The number of morpholine rings is 1. The maximum Gasteiger partial charge on any atom is 0.268 e. The number of ether oxygens (including phenoxy) is 2. The zero-order valence-corrected chi connectivity index (χ0v) is 14.2. The molecule has 0 aliphatic carbocycles. The van der Waals surface area contributed by atoms with Crippen LogP contribution < -0.4 is 26.4 Å². The fourth-order valence-corrected chi connectivity index (χ4v) is 2.34. The average molecular weight is 360 g/mol. The quantitative estimate of drug-likeness (QED) is 0.510. The van der Waals surface area contributed by atoms with E-state index in [1.165, 1.54) is 19.5 Å². The highest BCUT2D eigenvalue weighted by molar-refractivity contribution is 5.90. The van der Waals surface area contributed by atoms with E-state index in [1.807, 2.05) is 0 Å². The highest BCUT2D eigenvalue weighted by atomic mass is 16.5. The smallest absolute Gasteiger partial charge is 0.268 e. The highest BCUT2D eigenvalue weighted by Gasteiger charge is 2.15. The number of anilines is 3. The molecule has 1 aliphatic heterocycles. The van der Waals surface area contributed by atoms with Crippen LogP contribution in [0.25, 0.3) is 0 Å². The number of amides is 1. The molecule has 3 rings (SSSR count). The molecule has 0 radical (unpaired) electrons. The zero-order valence-electron chi connectivity index (χ0n) is 14.2. The molecule has 26 heavy (non-hydrogen) atoms. The number of primary amides is 1. The molecule has 2 aromatic heterocycles. The van der Waals surface area contributed by atoms with Crippen molar-refractivity contribution in [1.29, 1.82) is 0 Å². The van der Waals surface area contributed by atoms with Gasteiger partial charge in [-0.2, -0.15) is 0 Å². The standard InChI is InChI=1S/C15H20N8O3/c1-25-15-10(18-6-9-5-17-2-3-26-9)4-12(22-23-15)21-13-8-19-11(7-20-13)14(16)24/h4,7-9,17H,2-3,5-6H2,1H3,(H2,16,24)(H2,18,20,21,22)/t9-/m1/s1. The molecule has 1 atom stereocenters. The molecule has 2 aromatic rings. The Morgan fingerprint density at radius 3 is 2.92 bits per heavy atom. The van der Waals surface area contributed by atoms with Gasteiger partial charge >= 0.3 is 0 Å². The molecule has 5 N–H and O–H groups in total. The summed E-state index contributed by atoms with van der Waals surface area (Å²) in [5, 5.41) is 17.5. The van der Waals surface area contributed by atoms with Crippen molar-refractivity contribution in [2.45, 2.75) is 6.10 Å². The number of nitrogens with two attached hydrogens (primary N) is 1. The lowest BCUT2D eigenvalue weighted by Crippen LogP contribution is -2.42. The second-order valence-electron chi connectivity index (χ2n) is 5.51. The van der Waals surface area contributed by atoms with Gasteiger partial charge < -0.3 is 31.2 Å². The van der Waals surface area contributed by atoms with Gasteiger partial charge in [0.1, 0.15) is 17.2 Å². The lowest BCUT2D eigenvalue weighted by Gasteiger charge is -2.24. The zero-order chi connectivity index (χ0) is 18.4. The molecular weight excluding hydrogens is 340 g/mol. The fraction of sp³-hybridized carbons (Fsp3) is 0.400. The maximum atomic E-state index is 11.0. The van der Waals surface area contributed by atoms with Crippen LogP contribution in [0.5, 0.6) is 5.88 Å². The average Bonchev–Trinajstić information content (AvgIpc) is 2.68. The van der Waals surface area contributed by atoms with Crippen molar-refractivity contribution in [3.63, 3.8) is 0 Å². The second-order valence-corrected chi connectivity index (χ2v) is 5.51. The number of hydrogen-bond acceptors (Lipinski definition) is 10. The largest absolute Gasteiger partial charge is 0.478 e. The van der Waals surface area contributed by atoms with E-state index in [4.69, 9.17) is 15.2 Å². The molecule has 1 saturated heterocycles. The molecule has 11 heteroatoms. The van der Waals surface area contributed by atoms with Crippen molar-refractivity contribution in [1.82, 2.24) is 25.5 Å². The Kier molecular flexibility index (Phi) is 5.71. The van der Waals surface area contributed by atoms with Crippen molar-refractivity contribution in [2.75, 3.05) is 44.0 Å². The Hall–Kier alpha value is -3.05. The van der Waals surface area contributed by atoms with Crippen molar-refractivity contribution in [2.24, 2.45) is 5.73 Å². The van der Waals surface area contributed by atoms with E-state index < -0.39 is 5.91 Å². The molecule has 0 saturated carbocycles. The molecule has 1 amide bonds. The molecule has 138 valence electrons. The van der Waals surface area contributed by atoms with Gasteiger partial charge in [0.25, 0.3) is 11.8 Å². The molecule has 1 fully saturated rings. The van der Waals surface area contributed by atoms with Crippen LogP contribution in [-0.4, -0.2) is 65.5 Å². The van der Waals surface area contributed by atoms with Crippen LogP contribution in [0.4, 0.5) is 17.3 Å². The molecule has 3 heterocycles. The van der Waals surface area contributed by atoms with E-state index >= 15 is 0 Å². The molecule has 1 aliphatic rings. The number of hydrogen-bond donors (Lipinski definition) is 4. The highest BCUT2D eigenvalue weighted by Crippen LogP contribution is 2.24. The number of rotatable bonds is 7. The van der Waals surface area contributed by atoms with Gasteiger partial charge in [0.2, 0.25) is 0 Å². The van der Waals surface area contributed by atoms with Gasteiger partial charge in [0.05, 0.1) is 32.2 Å². The minimum atomic E-state index is -0.640. The number of carbonyl (C=O) groups is 1. The van der Waals surface area contributed by atoms with Crippen LogP contribution in [0.2, 0.25) is 0 Å². The second kappa shape index (κ2) is 8.36. The van der Waals surface area contributed by atoms with E-state index in [9.17, 15) is 4.79 Å². The van der Waals surface area contributed by atoms with Crippen LogP contribution in [-0.2, 0) is 4.74 Å². The summed E-state index contributed by atoms with van der Waals surface area (Å²) >= 11 is 0. The van der Waals surface area contributed by atoms with Crippen molar-refractivity contribution >= 4 is 23.2 Å². The summed E-state index contributed by atoms with van der Waals surface area (Å²) in [4.78, 5) is 19.0. The Bertz CT molecular complexity index is 749. The topological polar surface area (TPSA) is 149 Å². The Balaban J connectivity index is 1.68. The van der Waals surface area contributed by atoms with E-state index in [0.717, 1.165) is 13.1 Å². The molecule has 11 nitrogen and oxygen atoms in total. The monoisotopic (exact) mass is 360 g/mol. The van der Waals surface area contributed by atoms with Gasteiger partial charge in [-0.1, -0.05) is 0 Å². The number of nitrogens with zero attached hydrogens (tertiary/aromatic N) is 4. The summed E-state index contributed by atoms with van der Waals surface area (Å²) in [6.45, 7) is 2.92. The van der Waals surface area contributed by atoms with Gasteiger partial charge in [0.15, 0.2) is 5.82 Å². The Morgan fingerprint density at radius 1 is 1.38 bits per heavy atom. The summed E-state index contributed by atoms with van der Waals surface area (Å²) in [6.07, 6.45) is 2.74. The minimum Gasteiger partial charge on any atom is -0.478 e. The third-order valence-corrected chi connectivity index (χ3v) is 3.64. The predicted molar refractivity (Wildman–Crippen MR) is 93.5 cm³/mol. The first-order chi connectivity index (χ1) is 12.7. The summed E-state index contributed by atoms with van der Waals surface area (Å²) in [7, 11) is 1.52. The van der Waals surface area contributed by atoms with Crippen molar-refractivity contribution in [3.8, 4) is 5.88 Å². The first-order valence-electron chi connectivity index (χ1n) is 8.02. The summed E-state index contributed by atoms with van der Waals surface area (Å²) < 4.78 is 10.9. The van der Waals surface area contributed by atoms with Gasteiger partial charge in [-0.15, -0.1) is 10.2 Å². The van der Waals surface area contributed by atoms with Gasteiger partial charge in [-0.25, -0.2) is 9.97 Å². The summed E-state index contributed by atoms with van der Waals surface area (Å²) in [5.74, 6) is 0.575. The molecule has 0 aromatic carbocycles. The molecular formula is C15H20N8O3. The summed E-state index contributed by atoms with van der Waals surface area (Å²) in [6, 6.07) is 1.74. The van der Waals surface area contributed by atoms with E-state index in [-0.39, 0.29) is 11.8 Å². The number of aromatic nitrogens is 4. The van der Waals surface area contributed by atoms with E-state index in [1.54, 1.807) is 6.07 Å². The van der Waals surface area contributed by atoms with E-state index in [2.05, 4.69) is 36.1 Å². The van der Waals surface area contributed by atoms with Gasteiger partial charge in [-0.05, 0) is 0 Å². The van der Waals surface area contributed by atoms with Crippen LogP contribution >= 0.6 is 0 Å². The van der Waals surface area contributed by atoms with Gasteiger partial charge in [-0.3, -0.25) is 4.79 Å². The summed E-state index contributed by atoms with van der Waals surface area (Å²) in [5.41, 5.74) is 5.89. The third-order valence-electron chi connectivity index (χ3n) is 3.64. The van der Waals surface area contributed by atoms with Crippen LogP contribution in [0.3, 0.4) is 0 Å². The first kappa shape index (κ1) is 17.8. The van der Waals surface area contributed by atoms with Gasteiger partial charge in [0, 0.05) is 25.7 Å².